The zero-order chi connectivity index (χ0) is 13.5. The fourth-order valence-electron chi connectivity index (χ4n) is 3.50. The Morgan fingerprint density at radius 1 is 1.20 bits per heavy atom. The Balaban J connectivity index is 1.54. The molecule has 2 aliphatic heterocycles. The molecule has 0 radical (unpaired) electrons. The van der Waals surface area contributed by atoms with Crippen LogP contribution in [-0.2, 0) is 0 Å². The van der Waals surface area contributed by atoms with Crippen molar-refractivity contribution in [3.05, 3.63) is 18.2 Å². The largest absolute Gasteiger partial charge is 0.399 e. The third-order valence-electron chi connectivity index (χ3n) is 4.61. The number of anilines is 2. The van der Waals surface area contributed by atoms with Crippen LogP contribution >= 0.6 is 0 Å². The fraction of sp³-hybridized carbons (Fsp3) is 0.533. The molecule has 0 aliphatic carbocycles. The molecule has 2 aliphatic rings. The number of nitrogen functional groups attached to an aromatic ring is 1. The van der Waals surface area contributed by atoms with E-state index in [-0.39, 0.29) is 0 Å². The number of fused-ring (bicyclic) bond motifs is 1. The maximum Gasteiger partial charge on any atom is 0.203 e. The minimum absolute atomic E-state index is 0.704. The molecule has 0 bridgehead atoms. The van der Waals surface area contributed by atoms with Gasteiger partial charge in [-0.15, -0.1) is 0 Å². The third-order valence-corrected chi connectivity index (χ3v) is 4.61. The molecular formula is C15H21N5. The first-order valence-electron chi connectivity index (χ1n) is 7.54. The molecule has 2 saturated heterocycles. The molecule has 3 N–H and O–H groups in total. The van der Waals surface area contributed by atoms with Gasteiger partial charge in [0, 0.05) is 24.8 Å². The van der Waals surface area contributed by atoms with E-state index in [1.807, 2.05) is 18.2 Å². The highest BCUT2D eigenvalue weighted by Crippen LogP contribution is 2.25. The molecule has 2 fully saturated rings. The maximum absolute atomic E-state index is 5.82. The van der Waals surface area contributed by atoms with Gasteiger partial charge in [-0.05, 0) is 50.6 Å². The first kappa shape index (κ1) is 12.0. The molecule has 2 aromatic rings. The van der Waals surface area contributed by atoms with E-state index >= 15 is 0 Å². The molecule has 1 unspecified atom stereocenters. The Hall–Kier alpha value is -1.75. The van der Waals surface area contributed by atoms with Crippen LogP contribution in [-0.4, -0.2) is 47.1 Å². The summed E-state index contributed by atoms with van der Waals surface area (Å²) in [6.45, 7) is 4.73. The molecule has 0 amide bonds. The van der Waals surface area contributed by atoms with E-state index in [1.165, 1.54) is 32.4 Å². The Morgan fingerprint density at radius 2 is 2.05 bits per heavy atom. The first-order valence-corrected chi connectivity index (χ1v) is 7.54. The number of imidazole rings is 1. The highest BCUT2D eigenvalue weighted by molar-refractivity contribution is 5.80. The van der Waals surface area contributed by atoms with Gasteiger partial charge >= 0.3 is 0 Å². The summed E-state index contributed by atoms with van der Waals surface area (Å²) < 4.78 is 0. The highest BCUT2D eigenvalue weighted by Gasteiger charge is 2.30. The number of hydrogen-bond donors (Lipinski definition) is 2. The molecule has 106 valence electrons. The molecule has 5 heteroatoms. The summed E-state index contributed by atoms with van der Waals surface area (Å²) in [6.07, 6.45) is 3.97. The average molecular weight is 271 g/mol. The van der Waals surface area contributed by atoms with Gasteiger partial charge in [0.05, 0.1) is 11.0 Å². The molecule has 1 aromatic heterocycles. The van der Waals surface area contributed by atoms with Gasteiger partial charge < -0.3 is 15.6 Å². The van der Waals surface area contributed by atoms with E-state index in [4.69, 9.17) is 10.7 Å². The first-order chi connectivity index (χ1) is 9.79. The van der Waals surface area contributed by atoms with Gasteiger partial charge in [0.2, 0.25) is 5.95 Å². The van der Waals surface area contributed by atoms with Crippen molar-refractivity contribution in [3.63, 3.8) is 0 Å². The topological polar surface area (TPSA) is 61.2 Å². The molecule has 5 nitrogen and oxygen atoms in total. The van der Waals surface area contributed by atoms with Gasteiger partial charge in [0.25, 0.3) is 0 Å². The van der Waals surface area contributed by atoms with Crippen LogP contribution in [0.25, 0.3) is 11.0 Å². The Labute approximate surface area is 118 Å². The van der Waals surface area contributed by atoms with Crippen LogP contribution in [0, 0.1) is 0 Å². The second-order valence-electron chi connectivity index (χ2n) is 5.97. The van der Waals surface area contributed by atoms with Gasteiger partial charge in [-0.3, -0.25) is 4.90 Å². The van der Waals surface area contributed by atoms with E-state index < -0.39 is 0 Å². The summed E-state index contributed by atoms with van der Waals surface area (Å²) in [7, 11) is 0. The molecular weight excluding hydrogens is 250 g/mol. The lowest BCUT2D eigenvalue weighted by atomic mass is 10.2. The van der Waals surface area contributed by atoms with E-state index in [2.05, 4.69) is 14.8 Å². The van der Waals surface area contributed by atoms with Crippen molar-refractivity contribution in [3.8, 4) is 0 Å². The van der Waals surface area contributed by atoms with Crippen molar-refractivity contribution >= 4 is 22.7 Å². The summed E-state index contributed by atoms with van der Waals surface area (Å²) in [4.78, 5) is 13.1. The van der Waals surface area contributed by atoms with Crippen molar-refractivity contribution in [2.75, 3.05) is 36.8 Å². The van der Waals surface area contributed by atoms with Gasteiger partial charge in [0.15, 0.2) is 0 Å². The standard InChI is InChI=1S/C15H21N5/c16-11-3-4-13-14(9-11)18-15(17-13)20-8-5-12(10-20)19-6-1-2-7-19/h3-4,9,12H,1-2,5-8,10,16H2,(H,17,18). The molecule has 0 saturated carbocycles. The van der Waals surface area contributed by atoms with Gasteiger partial charge in [-0.2, -0.15) is 0 Å². The van der Waals surface area contributed by atoms with Crippen LogP contribution in [0.1, 0.15) is 19.3 Å². The highest BCUT2D eigenvalue weighted by atomic mass is 15.3. The Kier molecular flexibility index (Phi) is 2.80. The van der Waals surface area contributed by atoms with Gasteiger partial charge in [0.1, 0.15) is 0 Å². The van der Waals surface area contributed by atoms with Crippen molar-refractivity contribution in [1.29, 1.82) is 0 Å². The number of hydrogen-bond acceptors (Lipinski definition) is 4. The van der Waals surface area contributed by atoms with Crippen LogP contribution < -0.4 is 10.6 Å². The molecule has 20 heavy (non-hydrogen) atoms. The summed E-state index contributed by atoms with van der Waals surface area (Å²) >= 11 is 0. The summed E-state index contributed by atoms with van der Waals surface area (Å²) in [6, 6.07) is 6.55. The van der Waals surface area contributed by atoms with E-state index in [0.29, 0.717) is 6.04 Å². The smallest absolute Gasteiger partial charge is 0.203 e. The predicted octanol–water partition coefficient (Wildman–Crippen LogP) is 1.82. The van der Waals surface area contributed by atoms with E-state index in [0.717, 1.165) is 35.8 Å². The van der Waals surface area contributed by atoms with Crippen molar-refractivity contribution in [2.45, 2.75) is 25.3 Å². The van der Waals surface area contributed by atoms with Crippen LogP contribution in [0.15, 0.2) is 18.2 Å². The maximum atomic E-state index is 5.82. The molecule has 1 aromatic carbocycles. The minimum Gasteiger partial charge on any atom is -0.399 e. The fourth-order valence-corrected chi connectivity index (χ4v) is 3.50. The van der Waals surface area contributed by atoms with Crippen molar-refractivity contribution in [2.24, 2.45) is 0 Å². The average Bonchev–Trinajstić information content (AvgIpc) is 3.17. The number of H-pyrrole nitrogens is 1. The number of likely N-dealkylation sites (tertiary alicyclic amines) is 1. The number of nitrogens with zero attached hydrogens (tertiary/aromatic N) is 3. The monoisotopic (exact) mass is 271 g/mol. The third kappa shape index (κ3) is 2.02. The van der Waals surface area contributed by atoms with E-state index in [1.54, 1.807) is 0 Å². The van der Waals surface area contributed by atoms with Crippen LogP contribution in [0.2, 0.25) is 0 Å². The van der Waals surface area contributed by atoms with Crippen LogP contribution in [0.3, 0.4) is 0 Å². The van der Waals surface area contributed by atoms with Crippen molar-refractivity contribution < 1.29 is 0 Å². The zero-order valence-corrected chi connectivity index (χ0v) is 11.7. The zero-order valence-electron chi connectivity index (χ0n) is 11.7. The minimum atomic E-state index is 0.704. The number of aromatic nitrogens is 2. The molecule has 0 spiro atoms. The molecule has 4 rings (SSSR count). The predicted molar refractivity (Wildman–Crippen MR) is 81.9 cm³/mol. The number of aromatic amines is 1. The lowest BCUT2D eigenvalue weighted by molar-refractivity contribution is 0.260. The summed E-state index contributed by atoms with van der Waals surface area (Å²) in [5.74, 6) is 0.993. The van der Waals surface area contributed by atoms with Gasteiger partial charge in [-0.1, -0.05) is 0 Å². The molecule has 1 atom stereocenters. The SMILES string of the molecule is Nc1ccc2nc(N3CCC(N4CCCC4)C3)[nH]c2c1. The Morgan fingerprint density at radius 3 is 2.90 bits per heavy atom. The van der Waals surface area contributed by atoms with Crippen molar-refractivity contribution in [1.82, 2.24) is 14.9 Å². The lowest BCUT2D eigenvalue weighted by Gasteiger charge is -2.23. The second-order valence-corrected chi connectivity index (χ2v) is 5.97. The number of nitrogens with one attached hydrogen (secondary N) is 1. The van der Waals surface area contributed by atoms with E-state index in [9.17, 15) is 0 Å². The van der Waals surface area contributed by atoms with Crippen LogP contribution in [0.5, 0.6) is 0 Å². The number of rotatable bonds is 2. The second kappa shape index (κ2) is 4.66. The summed E-state index contributed by atoms with van der Waals surface area (Å²) in [5.41, 5.74) is 8.64. The molecule has 3 heterocycles. The lowest BCUT2D eigenvalue weighted by Crippen LogP contribution is -2.35. The van der Waals surface area contributed by atoms with Crippen LogP contribution in [0.4, 0.5) is 11.6 Å². The Bertz CT molecular complexity index is 614. The van der Waals surface area contributed by atoms with Gasteiger partial charge in [-0.25, -0.2) is 4.98 Å². The summed E-state index contributed by atoms with van der Waals surface area (Å²) in [5, 5.41) is 0. The number of benzene rings is 1. The quantitative estimate of drug-likeness (QED) is 0.818. The number of nitrogens with two attached hydrogens (primary N) is 1. The normalized spacial score (nSPS) is 24.0.